The summed E-state index contributed by atoms with van der Waals surface area (Å²) in [6.07, 6.45) is 5.04. The van der Waals surface area contributed by atoms with Gasteiger partial charge in [-0.15, -0.1) is 0 Å². The van der Waals surface area contributed by atoms with Gasteiger partial charge in [0.1, 0.15) is 5.82 Å². The first-order chi connectivity index (χ1) is 11.6. The summed E-state index contributed by atoms with van der Waals surface area (Å²) < 4.78 is 14.6. The second-order valence-corrected chi connectivity index (χ2v) is 6.01. The van der Waals surface area contributed by atoms with Crippen molar-refractivity contribution in [3.63, 3.8) is 0 Å². The number of halogens is 1. The van der Waals surface area contributed by atoms with Crippen molar-refractivity contribution in [1.82, 2.24) is 9.78 Å². The van der Waals surface area contributed by atoms with E-state index in [9.17, 15) is 9.18 Å². The minimum Gasteiger partial charge on any atom is -0.294 e. The molecule has 0 unspecified atom stereocenters. The van der Waals surface area contributed by atoms with Gasteiger partial charge in [-0.3, -0.25) is 14.9 Å². The molecule has 0 spiro atoms. The maximum atomic E-state index is 13.1. The highest BCUT2D eigenvalue weighted by Crippen LogP contribution is 2.12. The van der Waals surface area contributed by atoms with Gasteiger partial charge < -0.3 is 0 Å². The summed E-state index contributed by atoms with van der Waals surface area (Å²) in [6.45, 7) is 6.87. The summed E-state index contributed by atoms with van der Waals surface area (Å²) >= 11 is 0. The van der Waals surface area contributed by atoms with E-state index in [0.717, 1.165) is 50.1 Å². The molecule has 0 bridgehead atoms. The number of H-pyrrole nitrogens is 1. The van der Waals surface area contributed by atoms with Gasteiger partial charge in [-0.2, -0.15) is 0 Å². The minimum atomic E-state index is -0.318. The van der Waals surface area contributed by atoms with Gasteiger partial charge in [0.25, 0.3) is 5.56 Å². The van der Waals surface area contributed by atoms with Crippen LogP contribution in [-0.4, -0.2) is 22.0 Å². The summed E-state index contributed by atoms with van der Waals surface area (Å²) in [5, 5.41) is 3.17. The molecule has 1 aromatic heterocycles. The van der Waals surface area contributed by atoms with Crippen LogP contribution in [-0.2, 0) is 6.42 Å². The summed E-state index contributed by atoms with van der Waals surface area (Å²) in [6, 6.07) is 5.90. The zero-order valence-electron chi connectivity index (χ0n) is 14.7. The molecular weight excluding hydrogens is 305 g/mol. The molecule has 130 valence electrons. The van der Waals surface area contributed by atoms with Crippen LogP contribution in [0.15, 0.2) is 34.1 Å². The van der Waals surface area contributed by atoms with Crippen LogP contribution in [0.5, 0.6) is 0 Å². The molecule has 0 saturated carbocycles. The Labute approximate surface area is 142 Å². The number of aryl methyl sites for hydroxylation is 1. The highest BCUT2D eigenvalue weighted by atomic mass is 19.1. The first kappa shape index (κ1) is 18.2. The van der Waals surface area contributed by atoms with Gasteiger partial charge in [0.05, 0.1) is 11.3 Å². The molecule has 0 aliphatic heterocycles. The average molecular weight is 331 g/mol. The van der Waals surface area contributed by atoms with E-state index >= 15 is 0 Å². The topological polar surface area (TPSA) is 50.1 Å². The molecule has 0 amide bonds. The lowest BCUT2D eigenvalue weighted by molar-refractivity contribution is 0.626. The van der Waals surface area contributed by atoms with Crippen molar-refractivity contribution in [2.45, 2.75) is 52.9 Å². The van der Waals surface area contributed by atoms with Crippen LogP contribution >= 0.6 is 0 Å². The van der Waals surface area contributed by atoms with Crippen molar-refractivity contribution in [1.29, 1.82) is 0 Å². The number of aromatic nitrogens is 2. The average Bonchev–Trinajstić information content (AvgIpc) is 2.89. The number of nitrogens with zero attached hydrogens (tertiary/aromatic N) is 2. The molecule has 0 aliphatic carbocycles. The first-order valence-corrected chi connectivity index (χ1v) is 8.69. The van der Waals surface area contributed by atoms with Crippen LogP contribution in [0.3, 0.4) is 0 Å². The summed E-state index contributed by atoms with van der Waals surface area (Å²) in [4.78, 5) is 17.4. The Balaban J connectivity index is 2.39. The molecule has 2 rings (SSSR count). The SMILES string of the molecule is CCCCCN=C(C)c1c(CCC)[nH]n(-c2ccc(F)cc2)c1=O. The Morgan fingerprint density at radius 2 is 1.88 bits per heavy atom. The van der Waals surface area contributed by atoms with Gasteiger partial charge in [0, 0.05) is 18.0 Å². The van der Waals surface area contributed by atoms with Gasteiger partial charge in [-0.25, -0.2) is 9.07 Å². The van der Waals surface area contributed by atoms with Crippen LogP contribution in [0.4, 0.5) is 4.39 Å². The molecule has 1 heterocycles. The van der Waals surface area contributed by atoms with Gasteiger partial charge in [-0.1, -0.05) is 33.1 Å². The third-order valence-corrected chi connectivity index (χ3v) is 4.02. The predicted octanol–water partition coefficient (Wildman–Crippen LogP) is 4.26. The fourth-order valence-corrected chi connectivity index (χ4v) is 2.75. The lowest BCUT2D eigenvalue weighted by Gasteiger charge is -2.01. The Bertz CT molecular complexity index is 741. The third-order valence-electron chi connectivity index (χ3n) is 4.02. The lowest BCUT2D eigenvalue weighted by atomic mass is 10.1. The highest BCUT2D eigenvalue weighted by Gasteiger charge is 2.17. The summed E-state index contributed by atoms with van der Waals surface area (Å²) in [7, 11) is 0. The quantitative estimate of drug-likeness (QED) is 0.570. The Morgan fingerprint density at radius 1 is 1.17 bits per heavy atom. The largest absolute Gasteiger partial charge is 0.294 e. The number of nitrogens with one attached hydrogen (secondary N) is 1. The van der Waals surface area contributed by atoms with Crippen LogP contribution < -0.4 is 5.56 Å². The molecule has 0 aliphatic rings. The number of aliphatic imine (C=N–C) groups is 1. The number of hydrogen-bond donors (Lipinski definition) is 1. The second kappa shape index (κ2) is 8.62. The standard InChI is InChI=1S/C19H26FN3O/c1-4-6-7-13-21-14(3)18-17(8-5-2)22-23(19(18)24)16-11-9-15(20)10-12-16/h9-12,22H,4-8,13H2,1-3H3. The van der Waals surface area contributed by atoms with E-state index < -0.39 is 0 Å². The van der Waals surface area contributed by atoms with E-state index in [1.54, 1.807) is 12.1 Å². The maximum absolute atomic E-state index is 13.1. The zero-order valence-corrected chi connectivity index (χ0v) is 14.7. The molecule has 1 N–H and O–H groups in total. The van der Waals surface area contributed by atoms with Crippen molar-refractivity contribution in [2.75, 3.05) is 6.54 Å². The number of rotatable bonds is 8. The normalized spacial score (nSPS) is 11.9. The number of benzene rings is 1. The third kappa shape index (κ3) is 4.22. The predicted molar refractivity (Wildman–Crippen MR) is 96.9 cm³/mol. The van der Waals surface area contributed by atoms with Crippen LogP contribution in [0.25, 0.3) is 5.69 Å². The molecule has 0 saturated heterocycles. The molecule has 24 heavy (non-hydrogen) atoms. The van der Waals surface area contributed by atoms with Crippen LogP contribution in [0.1, 0.15) is 57.7 Å². The molecule has 1 aromatic carbocycles. The van der Waals surface area contributed by atoms with E-state index in [0.29, 0.717) is 11.3 Å². The van der Waals surface area contributed by atoms with E-state index in [-0.39, 0.29) is 11.4 Å². The molecule has 4 nitrogen and oxygen atoms in total. The zero-order chi connectivity index (χ0) is 17.5. The van der Waals surface area contributed by atoms with Crippen molar-refractivity contribution in [3.05, 3.63) is 51.7 Å². The van der Waals surface area contributed by atoms with Crippen molar-refractivity contribution < 1.29 is 4.39 Å². The van der Waals surface area contributed by atoms with Crippen molar-refractivity contribution in [2.24, 2.45) is 4.99 Å². The van der Waals surface area contributed by atoms with Gasteiger partial charge >= 0.3 is 0 Å². The van der Waals surface area contributed by atoms with Crippen LogP contribution in [0.2, 0.25) is 0 Å². The summed E-state index contributed by atoms with van der Waals surface area (Å²) in [5.41, 5.74) is 2.82. The Hall–Kier alpha value is -2.17. The molecular formula is C19H26FN3O. The fourth-order valence-electron chi connectivity index (χ4n) is 2.75. The second-order valence-electron chi connectivity index (χ2n) is 6.01. The smallest absolute Gasteiger partial charge is 0.280 e. The maximum Gasteiger partial charge on any atom is 0.280 e. The van der Waals surface area contributed by atoms with E-state index in [1.807, 2.05) is 6.92 Å². The van der Waals surface area contributed by atoms with Crippen molar-refractivity contribution >= 4 is 5.71 Å². The lowest BCUT2D eigenvalue weighted by Crippen LogP contribution is -2.20. The molecule has 0 radical (unpaired) electrons. The van der Waals surface area contributed by atoms with Gasteiger partial charge in [0.2, 0.25) is 0 Å². The van der Waals surface area contributed by atoms with E-state index in [2.05, 4.69) is 23.9 Å². The number of hydrogen-bond acceptors (Lipinski definition) is 2. The minimum absolute atomic E-state index is 0.123. The van der Waals surface area contributed by atoms with Crippen molar-refractivity contribution in [3.8, 4) is 5.69 Å². The number of aromatic amines is 1. The highest BCUT2D eigenvalue weighted by molar-refractivity contribution is 5.99. The van der Waals surface area contributed by atoms with Crippen LogP contribution in [0, 0.1) is 5.82 Å². The summed E-state index contributed by atoms with van der Waals surface area (Å²) in [5.74, 6) is -0.318. The Morgan fingerprint density at radius 3 is 2.50 bits per heavy atom. The van der Waals surface area contributed by atoms with E-state index in [4.69, 9.17) is 0 Å². The monoisotopic (exact) mass is 331 g/mol. The van der Waals surface area contributed by atoms with Gasteiger partial charge in [-0.05, 0) is 44.0 Å². The Kier molecular flexibility index (Phi) is 6.53. The molecule has 0 fully saturated rings. The molecule has 2 aromatic rings. The molecule has 0 atom stereocenters. The fraction of sp³-hybridized carbons (Fsp3) is 0.474. The number of unbranched alkanes of at least 4 members (excludes halogenated alkanes) is 2. The molecule has 5 heteroatoms. The van der Waals surface area contributed by atoms with E-state index in [1.165, 1.54) is 16.8 Å². The van der Waals surface area contributed by atoms with Gasteiger partial charge in [0.15, 0.2) is 0 Å². The first-order valence-electron chi connectivity index (χ1n) is 8.69.